The molecule has 96 valence electrons. The van der Waals surface area contributed by atoms with Gasteiger partial charge in [-0.15, -0.1) is 11.6 Å². The lowest BCUT2D eigenvalue weighted by Crippen LogP contribution is -2.18. The molecule has 1 heterocycles. The van der Waals surface area contributed by atoms with Crippen molar-refractivity contribution in [2.45, 2.75) is 52.0 Å². The van der Waals surface area contributed by atoms with Gasteiger partial charge in [0.25, 0.3) is 0 Å². The van der Waals surface area contributed by atoms with Crippen LogP contribution in [0.3, 0.4) is 0 Å². The third kappa shape index (κ3) is 4.15. The highest BCUT2D eigenvalue weighted by Crippen LogP contribution is 2.30. The van der Waals surface area contributed by atoms with E-state index in [0.717, 1.165) is 5.69 Å². The van der Waals surface area contributed by atoms with Crippen LogP contribution in [0.5, 0.6) is 5.88 Å². The number of alkyl halides is 1. The monoisotopic (exact) mass is 256 g/mol. The molecule has 1 rings (SSSR count). The molecule has 0 amide bonds. The second kappa shape index (κ2) is 6.20. The fourth-order valence-electron chi connectivity index (χ4n) is 1.93. The summed E-state index contributed by atoms with van der Waals surface area (Å²) in [6.07, 6.45) is 3.52. The van der Waals surface area contributed by atoms with Gasteiger partial charge >= 0.3 is 0 Å². The summed E-state index contributed by atoms with van der Waals surface area (Å²) >= 11 is 6.22. The minimum Gasteiger partial charge on any atom is -0.474 e. The molecule has 0 spiro atoms. The Morgan fingerprint density at radius 1 is 1.12 bits per heavy atom. The summed E-state index contributed by atoms with van der Waals surface area (Å²) in [7, 11) is 0. The molecule has 0 aliphatic rings. The van der Waals surface area contributed by atoms with Crippen LogP contribution in [0.15, 0.2) is 12.4 Å². The maximum absolute atomic E-state index is 6.22. The van der Waals surface area contributed by atoms with E-state index < -0.39 is 0 Å². The molecule has 0 fully saturated rings. The zero-order chi connectivity index (χ0) is 13.0. The molecule has 1 aromatic heterocycles. The van der Waals surface area contributed by atoms with E-state index in [2.05, 4.69) is 23.8 Å². The fourth-order valence-corrected chi connectivity index (χ4v) is 2.35. The first-order valence-electron chi connectivity index (χ1n) is 6.04. The Morgan fingerprint density at radius 3 is 2.24 bits per heavy atom. The molecule has 1 aromatic rings. The standard InChI is InChI=1S/C13H21ClN2O/c1-8(2)13(10(5)14)11-6-15-7-12(16-11)17-9(3)4/h6-10,13H,1-5H3. The van der Waals surface area contributed by atoms with Gasteiger partial charge in [-0.3, -0.25) is 4.98 Å². The van der Waals surface area contributed by atoms with Crippen LogP contribution in [0.4, 0.5) is 0 Å². The Labute approximate surface area is 109 Å². The Morgan fingerprint density at radius 2 is 1.76 bits per heavy atom. The van der Waals surface area contributed by atoms with E-state index in [-0.39, 0.29) is 17.4 Å². The molecule has 4 heteroatoms. The second-order valence-electron chi connectivity index (χ2n) is 4.90. The summed E-state index contributed by atoms with van der Waals surface area (Å²) in [5, 5.41) is 0.0265. The zero-order valence-electron chi connectivity index (χ0n) is 11.1. The lowest BCUT2D eigenvalue weighted by Gasteiger charge is -2.22. The van der Waals surface area contributed by atoms with Gasteiger partial charge in [-0.2, -0.15) is 0 Å². The average molecular weight is 257 g/mol. The van der Waals surface area contributed by atoms with Crippen molar-refractivity contribution in [3.05, 3.63) is 18.1 Å². The number of rotatable bonds is 5. The van der Waals surface area contributed by atoms with Crippen LogP contribution >= 0.6 is 11.6 Å². The molecule has 0 aliphatic carbocycles. The van der Waals surface area contributed by atoms with Crippen molar-refractivity contribution < 1.29 is 4.74 Å². The largest absolute Gasteiger partial charge is 0.474 e. The minimum atomic E-state index is 0.0265. The highest BCUT2D eigenvalue weighted by Gasteiger charge is 2.23. The van der Waals surface area contributed by atoms with Gasteiger partial charge in [-0.05, 0) is 26.7 Å². The summed E-state index contributed by atoms with van der Waals surface area (Å²) in [5.41, 5.74) is 0.903. The molecule has 0 N–H and O–H groups in total. The highest BCUT2D eigenvalue weighted by molar-refractivity contribution is 6.20. The Kier molecular flexibility index (Phi) is 5.19. The van der Waals surface area contributed by atoms with Crippen LogP contribution in [0.2, 0.25) is 0 Å². The first-order valence-corrected chi connectivity index (χ1v) is 6.48. The molecule has 0 saturated heterocycles. The van der Waals surface area contributed by atoms with Crippen LogP contribution in [0, 0.1) is 5.92 Å². The zero-order valence-corrected chi connectivity index (χ0v) is 11.9. The second-order valence-corrected chi connectivity index (χ2v) is 5.58. The van der Waals surface area contributed by atoms with E-state index in [9.17, 15) is 0 Å². The number of hydrogen-bond acceptors (Lipinski definition) is 3. The molecule has 2 atom stereocenters. The molecule has 17 heavy (non-hydrogen) atoms. The van der Waals surface area contributed by atoms with Gasteiger partial charge in [0.1, 0.15) is 0 Å². The van der Waals surface area contributed by atoms with Gasteiger partial charge in [0.05, 0.1) is 18.0 Å². The predicted molar refractivity (Wildman–Crippen MR) is 70.7 cm³/mol. The minimum absolute atomic E-state index is 0.0265. The highest BCUT2D eigenvalue weighted by atomic mass is 35.5. The van der Waals surface area contributed by atoms with Crippen molar-refractivity contribution in [1.29, 1.82) is 0 Å². The van der Waals surface area contributed by atoms with Crippen LogP contribution in [-0.4, -0.2) is 21.4 Å². The number of halogens is 1. The van der Waals surface area contributed by atoms with E-state index in [1.165, 1.54) is 0 Å². The molecule has 3 nitrogen and oxygen atoms in total. The summed E-state index contributed by atoms with van der Waals surface area (Å²) in [5.74, 6) is 1.19. The molecular formula is C13H21ClN2O. The molecule has 0 aromatic carbocycles. The molecule has 0 saturated carbocycles. The maximum atomic E-state index is 6.22. The Balaban J connectivity index is 2.96. The normalized spacial score (nSPS) is 15.1. The van der Waals surface area contributed by atoms with E-state index in [1.54, 1.807) is 12.4 Å². The topological polar surface area (TPSA) is 35.0 Å². The van der Waals surface area contributed by atoms with Gasteiger partial charge in [-0.25, -0.2) is 4.98 Å². The smallest absolute Gasteiger partial charge is 0.232 e. The number of ether oxygens (including phenoxy) is 1. The van der Waals surface area contributed by atoms with Crippen LogP contribution in [-0.2, 0) is 0 Å². The first-order chi connectivity index (χ1) is 7.91. The van der Waals surface area contributed by atoms with Crippen molar-refractivity contribution >= 4 is 11.6 Å². The number of nitrogens with zero attached hydrogens (tertiary/aromatic N) is 2. The lowest BCUT2D eigenvalue weighted by molar-refractivity contribution is 0.230. The summed E-state index contributed by atoms with van der Waals surface area (Å²) in [6.45, 7) is 10.2. The van der Waals surface area contributed by atoms with Crippen molar-refractivity contribution in [3.8, 4) is 5.88 Å². The van der Waals surface area contributed by atoms with Crippen molar-refractivity contribution in [1.82, 2.24) is 9.97 Å². The van der Waals surface area contributed by atoms with Crippen LogP contribution < -0.4 is 4.74 Å². The third-order valence-electron chi connectivity index (χ3n) is 2.54. The first kappa shape index (κ1) is 14.2. The van der Waals surface area contributed by atoms with Crippen LogP contribution in [0.1, 0.15) is 46.2 Å². The Hall–Kier alpha value is -0.830. The number of hydrogen-bond donors (Lipinski definition) is 0. The average Bonchev–Trinajstić information content (AvgIpc) is 2.15. The van der Waals surface area contributed by atoms with Crippen LogP contribution in [0.25, 0.3) is 0 Å². The quantitative estimate of drug-likeness (QED) is 0.755. The van der Waals surface area contributed by atoms with Gasteiger partial charge < -0.3 is 4.74 Å². The maximum Gasteiger partial charge on any atom is 0.232 e. The van der Waals surface area contributed by atoms with Gasteiger partial charge in [-0.1, -0.05) is 13.8 Å². The van der Waals surface area contributed by atoms with Gasteiger partial charge in [0, 0.05) is 17.5 Å². The molecule has 0 aliphatic heterocycles. The van der Waals surface area contributed by atoms with Gasteiger partial charge in [0.2, 0.25) is 5.88 Å². The predicted octanol–water partition coefficient (Wildman–Crippen LogP) is 3.63. The van der Waals surface area contributed by atoms with Crippen molar-refractivity contribution in [2.24, 2.45) is 5.92 Å². The molecule has 0 radical (unpaired) electrons. The van der Waals surface area contributed by atoms with Crippen molar-refractivity contribution in [2.75, 3.05) is 0 Å². The third-order valence-corrected chi connectivity index (χ3v) is 2.81. The van der Waals surface area contributed by atoms with E-state index in [1.807, 2.05) is 20.8 Å². The lowest BCUT2D eigenvalue weighted by atomic mass is 9.90. The fraction of sp³-hybridized carbons (Fsp3) is 0.692. The molecule has 0 bridgehead atoms. The Bertz CT molecular complexity index is 345. The van der Waals surface area contributed by atoms with Gasteiger partial charge in [0.15, 0.2) is 0 Å². The SMILES string of the molecule is CC(C)Oc1cncc(C(C(C)C)C(C)Cl)n1. The summed E-state index contributed by atoms with van der Waals surface area (Å²) in [4.78, 5) is 8.66. The molecule has 2 unspecified atom stereocenters. The summed E-state index contributed by atoms with van der Waals surface area (Å²) in [6, 6.07) is 0. The van der Waals surface area contributed by atoms with E-state index >= 15 is 0 Å². The number of aromatic nitrogens is 2. The van der Waals surface area contributed by atoms with Crippen molar-refractivity contribution in [3.63, 3.8) is 0 Å². The summed E-state index contributed by atoms with van der Waals surface area (Å²) < 4.78 is 5.55. The molecular weight excluding hydrogens is 236 g/mol. The van der Waals surface area contributed by atoms with E-state index in [4.69, 9.17) is 16.3 Å². The van der Waals surface area contributed by atoms with E-state index in [0.29, 0.717) is 11.8 Å².